The highest BCUT2D eigenvalue weighted by molar-refractivity contribution is 6.35. The lowest BCUT2D eigenvalue weighted by Crippen LogP contribution is -2.35. The van der Waals surface area contributed by atoms with Gasteiger partial charge in [0.25, 0.3) is 5.91 Å². The van der Waals surface area contributed by atoms with E-state index in [1.807, 2.05) is 13.8 Å². The summed E-state index contributed by atoms with van der Waals surface area (Å²) in [6.07, 6.45) is 0.319. The van der Waals surface area contributed by atoms with Crippen molar-refractivity contribution in [2.75, 3.05) is 13.1 Å². The van der Waals surface area contributed by atoms with E-state index in [1.54, 1.807) is 18.2 Å². The molecule has 0 fully saturated rings. The normalized spacial score (nSPS) is 11.3. The van der Waals surface area contributed by atoms with Crippen LogP contribution in [0.1, 0.15) is 53.4 Å². The van der Waals surface area contributed by atoms with E-state index >= 15 is 0 Å². The smallest absolute Gasteiger partial charge is 0.251 e. The van der Waals surface area contributed by atoms with Crippen LogP contribution in [0.5, 0.6) is 0 Å². The first kappa shape index (κ1) is 23.2. The van der Waals surface area contributed by atoms with Crippen molar-refractivity contribution in [1.82, 2.24) is 10.6 Å². The van der Waals surface area contributed by atoms with Gasteiger partial charge in [-0.3, -0.25) is 9.59 Å². The highest BCUT2D eigenvalue weighted by Crippen LogP contribution is 2.27. The minimum absolute atomic E-state index is 0.0697. The van der Waals surface area contributed by atoms with Gasteiger partial charge in [0.2, 0.25) is 5.91 Å². The Kier molecular flexibility index (Phi) is 7.73. The molecule has 2 rings (SSSR count). The number of benzene rings is 2. The molecule has 2 N–H and O–H groups in total. The van der Waals surface area contributed by atoms with Crippen LogP contribution >= 0.6 is 23.2 Å². The molecule has 29 heavy (non-hydrogen) atoms. The van der Waals surface area contributed by atoms with Gasteiger partial charge in [-0.25, -0.2) is 0 Å². The summed E-state index contributed by atoms with van der Waals surface area (Å²) in [4.78, 5) is 24.5. The minimum atomic E-state index is -0.284. The molecule has 0 saturated carbocycles. The van der Waals surface area contributed by atoms with Gasteiger partial charge >= 0.3 is 0 Å². The van der Waals surface area contributed by atoms with Crippen molar-refractivity contribution in [2.45, 2.75) is 46.5 Å². The van der Waals surface area contributed by atoms with Crippen LogP contribution < -0.4 is 10.6 Å². The monoisotopic (exact) mass is 434 g/mol. The molecule has 0 aliphatic heterocycles. The van der Waals surface area contributed by atoms with Gasteiger partial charge in [0, 0.05) is 28.7 Å². The molecule has 2 amide bonds. The van der Waals surface area contributed by atoms with E-state index in [0.29, 0.717) is 35.1 Å². The summed E-state index contributed by atoms with van der Waals surface area (Å²) in [7, 11) is 0. The third-order valence-corrected chi connectivity index (χ3v) is 5.19. The highest BCUT2D eigenvalue weighted by Gasteiger charge is 2.17. The molecule has 0 bridgehead atoms. The molecule has 4 nitrogen and oxygen atoms in total. The van der Waals surface area contributed by atoms with Gasteiger partial charge in [0.15, 0.2) is 0 Å². The van der Waals surface area contributed by atoms with Gasteiger partial charge in [-0.1, -0.05) is 56.1 Å². The lowest BCUT2D eigenvalue weighted by atomic mass is 9.83. The summed E-state index contributed by atoms with van der Waals surface area (Å²) in [6.45, 7) is 11.3. The Bertz CT molecular complexity index is 874. The van der Waals surface area contributed by atoms with Crippen LogP contribution in [0.3, 0.4) is 0 Å². The van der Waals surface area contributed by atoms with Gasteiger partial charge in [0.1, 0.15) is 0 Å². The maximum atomic E-state index is 12.3. The average Bonchev–Trinajstić information content (AvgIpc) is 2.59. The van der Waals surface area contributed by atoms with Crippen LogP contribution in [0.4, 0.5) is 0 Å². The third kappa shape index (κ3) is 6.76. The van der Waals surface area contributed by atoms with Gasteiger partial charge < -0.3 is 10.6 Å². The molecule has 2 aromatic carbocycles. The van der Waals surface area contributed by atoms with Crippen molar-refractivity contribution in [3.05, 3.63) is 68.2 Å². The molecule has 0 aliphatic carbocycles. The molecule has 6 heteroatoms. The van der Waals surface area contributed by atoms with E-state index in [1.165, 1.54) is 5.56 Å². The number of hydrogen-bond donors (Lipinski definition) is 2. The second-order valence-electron chi connectivity index (χ2n) is 8.28. The number of carbonyl (C=O) groups is 2. The van der Waals surface area contributed by atoms with E-state index < -0.39 is 0 Å². The maximum absolute atomic E-state index is 12.3. The Morgan fingerprint density at radius 1 is 0.862 bits per heavy atom. The van der Waals surface area contributed by atoms with Crippen molar-refractivity contribution < 1.29 is 9.59 Å². The number of halogens is 2. The summed E-state index contributed by atoms with van der Waals surface area (Å²) in [5, 5.41) is 6.41. The molecule has 0 heterocycles. The number of nitrogens with one attached hydrogen (secondary N) is 2. The third-order valence-electron chi connectivity index (χ3n) is 4.76. The highest BCUT2D eigenvalue weighted by atomic mass is 35.5. The van der Waals surface area contributed by atoms with Crippen molar-refractivity contribution in [2.24, 2.45) is 0 Å². The summed E-state index contributed by atoms with van der Waals surface area (Å²) >= 11 is 11.8. The molecule has 0 atom stereocenters. The van der Waals surface area contributed by atoms with Crippen LogP contribution in [-0.2, 0) is 16.6 Å². The average molecular weight is 435 g/mol. The van der Waals surface area contributed by atoms with E-state index in [0.717, 1.165) is 16.7 Å². The second kappa shape index (κ2) is 9.64. The molecule has 0 aromatic heterocycles. The summed E-state index contributed by atoms with van der Waals surface area (Å²) < 4.78 is 0. The fraction of sp³-hybridized carbons (Fsp3) is 0.391. The maximum Gasteiger partial charge on any atom is 0.251 e. The lowest BCUT2D eigenvalue weighted by Gasteiger charge is -2.22. The van der Waals surface area contributed by atoms with Crippen molar-refractivity contribution in [1.29, 1.82) is 0 Å². The van der Waals surface area contributed by atoms with E-state index in [4.69, 9.17) is 23.2 Å². The van der Waals surface area contributed by atoms with Crippen LogP contribution in [0, 0.1) is 13.8 Å². The predicted molar refractivity (Wildman–Crippen MR) is 120 cm³/mol. The molecular formula is C23H28Cl2N2O2. The van der Waals surface area contributed by atoms with Crippen molar-refractivity contribution in [3.8, 4) is 0 Å². The number of rotatable bonds is 6. The van der Waals surface area contributed by atoms with Crippen LogP contribution in [-0.4, -0.2) is 24.9 Å². The molecule has 0 saturated heterocycles. The number of amides is 2. The first-order valence-corrected chi connectivity index (χ1v) is 10.3. The van der Waals surface area contributed by atoms with Crippen molar-refractivity contribution in [3.63, 3.8) is 0 Å². The predicted octanol–water partition coefficient (Wildman–Crippen LogP) is 5.00. The van der Waals surface area contributed by atoms with Gasteiger partial charge in [-0.15, -0.1) is 0 Å². The zero-order valence-corrected chi connectivity index (χ0v) is 19.1. The molecule has 0 unspecified atom stereocenters. The van der Waals surface area contributed by atoms with Gasteiger partial charge in [-0.2, -0.15) is 0 Å². The first-order valence-electron chi connectivity index (χ1n) is 9.59. The molecule has 0 aliphatic rings. The largest absolute Gasteiger partial charge is 0.354 e. The molecule has 2 aromatic rings. The van der Waals surface area contributed by atoms with E-state index in [-0.39, 0.29) is 17.2 Å². The fourth-order valence-corrected chi connectivity index (χ4v) is 3.62. The Hall–Kier alpha value is -2.04. The number of aryl methyl sites for hydroxylation is 2. The molecule has 156 valence electrons. The Morgan fingerprint density at radius 2 is 1.38 bits per heavy atom. The second-order valence-corrected chi connectivity index (χ2v) is 9.15. The summed E-state index contributed by atoms with van der Waals surface area (Å²) in [6, 6.07) is 8.98. The van der Waals surface area contributed by atoms with Crippen LogP contribution in [0.2, 0.25) is 10.0 Å². The lowest BCUT2D eigenvalue weighted by molar-refractivity contribution is -0.120. The topological polar surface area (TPSA) is 58.2 Å². The van der Waals surface area contributed by atoms with Crippen molar-refractivity contribution >= 4 is 35.0 Å². The SMILES string of the molecule is Cc1cc(C(C)(C)C)cc(C)c1CC(=O)NCCNC(=O)c1cc(Cl)cc(Cl)c1. The Morgan fingerprint density at radius 3 is 1.90 bits per heavy atom. The molecule has 0 radical (unpaired) electrons. The number of hydrogen-bond acceptors (Lipinski definition) is 2. The minimum Gasteiger partial charge on any atom is -0.354 e. The van der Waals surface area contributed by atoms with Crippen LogP contribution in [0.15, 0.2) is 30.3 Å². The van der Waals surface area contributed by atoms with E-state index in [2.05, 4.69) is 43.5 Å². The Balaban J connectivity index is 1.87. The zero-order valence-electron chi connectivity index (χ0n) is 17.6. The van der Waals surface area contributed by atoms with Gasteiger partial charge in [0.05, 0.1) is 6.42 Å². The zero-order chi connectivity index (χ0) is 21.8. The quantitative estimate of drug-likeness (QED) is 0.628. The summed E-state index contributed by atoms with van der Waals surface area (Å²) in [5.41, 5.74) is 5.02. The Labute approximate surface area is 183 Å². The summed E-state index contributed by atoms with van der Waals surface area (Å²) in [5.74, 6) is -0.354. The van der Waals surface area contributed by atoms with Gasteiger partial charge in [-0.05, 0) is 59.7 Å². The molecule has 0 spiro atoms. The molecular weight excluding hydrogens is 407 g/mol. The van der Waals surface area contributed by atoms with Crippen LogP contribution in [0.25, 0.3) is 0 Å². The first-order chi connectivity index (χ1) is 13.5. The number of carbonyl (C=O) groups excluding carboxylic acids is 2. The standard InChI is InChI=1S/C23H28Cl2N2O2/c1-14-8-17(23(3,4)5)9-15(2)20(14)13-21(28)26-6-7-27-22(29)16-10-18(24)12-19(25)11-16/h8-12H,6-7,13H2,1-5H3,(H,26,28)(H,27,29). The van der Waals surface area contributed by atoms with E-state index in [9.17, 15) is 9.59 Å². The fourth-order valence-electron chi connectivity index (χ4n) is 3.09.